The highest BCUT2D eigenvalue weighted by atomic mass is 35.5. The van der Waals surface area contributed by atoms with Crippen LogP contribution < -0.4 is 10.6 Å². The SMILES string of the molecule is CCN(O[C@@H](c1cccc(Cl)c1)C1CN(C(=O)NC(CC2CCOCC2)[C@H](O)CNC)CCO1)C(=O)OC. The van der Waals surface area contributed by atoms with Crippen LogP contribution in [0, 0.1) is 5.92 Å². The summed E-state index contributed by atoms with van der Waals surface area (Å²) in [4.78, 5) is 33.4. The Kier molecular flexibility index (Phi) is 12.4. The Morgan fingerprint density at radius 3 is 2.71 bits per heavy atom. The number of carbonyl (C=O) groups excluding carboxylic acids is 2. The number of methoxy groups -OCH3 is 1. The third-order valence-corrected chi connectivity index (χ3v) is 7.15. The summed E-state index contributed by atoms with van der Waals surface area (Å²) in [6, 6.07) is 6.43. The van der Waals surface area contributed by atoms with Crippen LogP contribution in [0.4, 0.5) is 9.59 Å². The second-order valence-corrected chi connectivity index (χ2v) is 10.0. The number of hydrogen-bond acceptors (Lipinski definition) is 8. The van der Waals surface area contributed by atoms with Crippen molar-refractivity contribution in [1.82, 2.24) is 20.6 Å². The number of nitrogens with zero attached hydrogens (tertiary/aromatic N) is 2. The van der Waals surface area contributed by atoms with Crippen molar-refractivity contribution < 1.29 is 33.7 Å². The summed E-state index contributed by atoms with van der Waals surface area (Å²) >= 11 is 6.25. The molecule has 11 nitrogen and oxygen atoms in total. The van der Waals surface area contributed by atoms with Crippen molar-refractivity contribution in [3.8, 4) is 0 Å². The Labute approximate surface area is 229 Å². The van der Waals surface area contributed by atoms with Crippen LogP contribution in [0.25, 0.3) is 0 Å². The van der Waals surface area contributed by atoms with Crippen LogP contribution in [0.3, 0.4) is 0 Å². The maximum Gasteiger partial charge on any atom is 0.433 e. The summed E-state index contributed by atoms with van der Waals surface area (Å²) in [6.07, 6.45) is -0.191. The van der Waals surface area contributed by atoms with Crippen LogP contribution in [0.1, 0.15) is 37.9 Å². The molecule has 0 saturated carbocycles. The van der Waals surface area contributed by atoms with E-state index in [9.17, 15) is 14.7 Å². The van der Waals surface area contributed by atoms with Gasteiger partial charge in [-0.25, -0.2) is 9.59 Å². The van der Waals surface area contributed by atoms with Gasteiger partial charge in [0.15, 0.2) is 0 Å². The molecule has 0 aromatic heterocycles. The largest absolute Gasteiger partial charge is 0.451 e. The minimum Gasteiger partial charge on any atom is -0.451 e. The standard InChI is InChI=1S/C26H41ClN4O7/c1-4-31(26(34)35-3)38-24(19-6-5-7-20(27)15-19)23-17-30(10-13-37-23)25(33)29-21(22(32)16-28-2)14-18-8-11-36-12-9-18/h5-7,15,18,21-24,28,32H,4,8-14,16-17H2,1-3H3,(H,29,33)/t21?,22-,23?,24+/m1/s1. The predicted octanol–water partition coefficient (Wildman–Crippen LogP) is 2.58. The summed E-state index contributed by atoms with van der Waals surface area (Å²) in [6.45, 7) is 4.66. The smallest absolute Gasteiger partial charge is 0.433 e. The monoisotopic (exact) mass is 556 g/mol. The van der Waals surface area contributed by atoms with Crippen LogP contribution in [-0.4, -0.2) is 106 Å². The number of carbonyl (C=O) groups is 2. The normalized spacial score (nSPS) is 20.9. The molecule has 3 amide bonds. The number of hydrogen-bond donors (Lipinski definition) is 3. The second kappa shape index (κ2) is 15.4. The summed E-state index contributed by atoms with van der Waals surface area (Å²) in [5.74, 6) is 0.372. The number of aliphatic hydroxyl groups excluding tert-OH is 1. The van der Waals surface area contributed by atoms with Gasteiger partial charge < -0.3 is 34.9 Å². The number of nitrogens with one attached hydrogen (secondary N) is 2. The van der Waals surface area contributed by atoms with E-state index in [0.717, 1.165) is 17.9 Å². The maximum absolute atomic E-state index is 13.4. The molecule has 12 heteroatoms. The van der Waals surface area contributed by atoms with Crippen LogP contribution in [0.15, 0.2) is 24.3 Å². The van der Waals surface area contributed by atoms with E-state index in [4.69, 9.17) is 30.6 Å². The molecule has 0 aliphatic carbocycles. The van der Waals surface area contributed by atoms with Crippen molar-refractivity contribution in [2.45, 2.75) is 50.5 Å². The molecule has 214 valence electrons. The molecule has 2 saturated heterocycles. The topological polar surface area (TPSA) is 122 Å². The molecular weight excluding hydrogens is 516 g/mol. The van der Waals surface area contributed by atoms with E-state index in [0.29, 0.717) is 49.2 Å². The number of hydroxylamine groups is 2. The Hall–Kier alpha value is -2.15. The minimum atomic E-state index is -0.732. The highest BCUT2D eigenvalue weighted by molar-refractivity contribution is 6.30. The van der Waals surface area contributed by atoms with Crippen molar-refractivity contribution >= 4 is 23.7 Å². The van der Waals surface area contributed by atoms with Gasteiger partial charge in [-0.2, -0.15) is 5.06 Å². The van der Waals surface area contributed by atoms with Gasteiger partial charge in [0, 0.05) is 37.9 Å². The van der Waals surface area contributed by atoms with Crippen molar-refractivity contribution in [3.05, 3.63) is 34.9 Å². The van der Waals surface area contributed by atoms with Gasteiger partial charge in [-0.3, -0.25) is 4.84 Å². The van der Waals surface area contributed by atoms with Gasteiger partial charge >= 0.3 is 12.1 Å². The lowest BCUT2D eigenvalue weighted by Gasteiger charge is -2.39. The van der Waals surface area contributed by atoms with E-state index in [1.54, 1.807) is 37.1 Å². The summed E-state index contributed by atoms with van der Waals surface area (Å²) < 4.78 is 16.4. The van der Waals surface area contributed by atoms with Crippen LogP contribution >= 0.6 is 11.6 Å². The van der Waals surface area contributed by atoms with Crippen molar-refractivity contribution in [2.24, 2.45) is 5.92 Å². The molecule has 0 spiro atoms. The molecule has 3 N–H and O–H groups in total. The number of morpholine rings is 1. The van der Waals surface area contributed by atoms with Crippen LogP contribution in [0.2, 0.25) is 5.02 Å². The molecule has 1 aromatic rings. The number of aliphatic hydroxyl groups is 1. The summed E-state index contributed by atoms with van der Waals surface area (Å²) in [7, 11) is 3.05. The summed E-state index contributed by atoms with van der Waals surface area (Å²) in [5.41, 5.74) is 0.703. The highest BCUT2D eigenvalue weighted by Gasteiger charge is 2.36. The molecule has 2 fully saturated rings. The number of likely N-dealkylation sites (N-methyl/N-ethyl adjacent to an activating group) is 1. The highest BCUT2D eigenvalue weighted by Crippen LogP contribution is 2.30. The van der Waals surface area contributed by atoms with E-state index in [2.05, 4.69) is 10.6 Å². The van der Waals surface area contributed by atoms with E-state index >= 15 is 0 Å². The average Bonchev–Trinajstić information content (AvgIpc) is 2.93. The molecule has 2 aliphatic rings. The first-order valence-electron chi connectivity index (χ1n) is 13.2. The average molecular weight is 557 g/mol. The first-order valence-corrected chi connectivity index (χ1v) is 13.6. The van der Waals surface area contributed by atoms with Gasteiger partial charge in [-0.15, -0.1) is 0 Å². The van der Waals surface area contributed by atoms with Gasteiger partial charge in [0.1, 0.15) is 12.2 Å². The van der Waals surface area contributed by atoms with Gasteiger partial charge in [0.05, 0.1) is 32.4 Å². The first-order chi connectivity index (χ1) is 18.4. The molecule has 38 heavy (non-hydrogen) atoms. The number of ether oxygens (including phenoxy) is 3. The Balaban J connectivity index is 1.74. The van der Waals surface area contributed by atoms with Crippen molar-refractivity contribution in [2.75, 3.05) is 60.2 Å². The minimum absolute atomic E-state index is 0.216. The molecule has 1 aromatic carbocycles. The fourth-order valence-electron chi connectivity index (χ4n) is 4.81. The lowest BCUT2D eigenvalue weighted by Crippen LogP contribution is -2.56. The third kappa shape index (κ3) is 8.69. The van der Waals surface area contributed by atoms with E-state index in [1.807, 2.05) is 6.07 Å². The van der Waals surface area contributed by atoms with Crippen LogP contribution in [-0.2, 0) is 19.0 Å². The number of urea groups is 1. The zero-order valence-corrected chi connectivity index (χ0v) is 23.2. The molecule has 2 heterocycles. The third-order valence-electron chi connectivity index (χ3n) is 6.92. The van der Waals surface area contributed by atoms with E-state index in [-0.39, 0.29) is 25.7 Å². The zero-order chi connectivity index (χ0) is 27.5. The van der Waals surface area contributed by atoms with E-state index in [1.165, 1.54) is 7.11 Å². The zero-order valence-electron chi connectivity index (χ0n) is 22.4. The number of rotatable bonds is 11. The molecule has 4 atom stereocenters. The number of amides is 3. The van der Waals surface area contributed by atoms with Gasteiger partial charge in [-0.05, 0) is 56.8 Å². The summed E-state index contributed by atoms with van der Waals surface area (Å²) in [5, 5.41) is 18.4. The quantitative estimate of drug-likeness (QED) is 0.356. The van der Waals surface area contributed by atoms with Crippen molar-refractivity contribution in [1.29, 1.82) is 0 Å². The lowest BCUT2D eigenvalue weighted by molar-refractivity contribution is -0.216. The Bertz CT molecular complexity index is 889. The molecule has 2 aliphatic heterocycles. The number of halogens is 1. The number of benzene rings is 1. The Morgan fingerprint density at radius 1 is 1.29 bits per heavy atom. The second-order valence-electron chi connectivity index (χ2n) is 9.57. The molecule has 2 unspecified atom stereocenters. The van der Waals surface area contributed by atoms with Gasteiger partial charge in [0.25, 0.3) is 0 Å². The van der Waals surface area contributed by atoms with Gasteiger partial charge in [0.2, 0.25) is 0 Å². The van der Waals surface area contributed by atoms with Crippen LogP contribution in [0.5, 0.6) is 0 Å². The lowest BCUT2D eigenvalue weighted by atomic mass is 9.90. The molecule has 0 bridgehead atoms. The maximum atomic E-state index is 13.4. The van der Waals surface area contributed by atoms with E-state index < -0.39 is 30.4 Å². The first kappa shape index (κ1) is 30.4. The fraction of sp³-hybridized carbons (Fsp3) is 0.692. The van der Waals surface area contributed by atoms with Gasteiger partial charge in [-0.1, -0.05) is 23.7 Å². The predicted molar refractivity (Wildman–Crippen MR) is 142 cm³/mol. The van der Waals surface area contributed by atoms with Crippen molar-refractivity contribution in [3.63, 3.8) is 0 Å². The molecular formula is C26H41ClN4O7. The molecule has 0 radical (unpaired) electrons. The fourth-order valence-corrected chi connectivity index (χ4v) is 5.01. The molecule has 3 rings (SSSR count). The Morgan fingerprint density at radius 2 is 2.05 bits per heavy atom.